The Morgan fingerprint density at radius 2 is 1.57 bits per heavy atom. The molecule has 6 nitrogen and oxygen atoms in total. The van der Waals surface area contributed by atoms with Gasteiger partial charge < -0.3 is 25.3 Å². The van der Waals surface area contributed by atoms with Gasteiger partial charge in [0.25, 0.3) is 5.91 Å². The second kappa shape index (κ2) is 9.49. The van der Waals surface area contributed by atoms with Crippen molar-refractivity contribution >= 4 is 23.0 Å². The van der Waals surface area contributed by atoms with E-state index < -0.39 is 0 Å². The Hall–Kier alpha value is -2.57. The maximum Gasteiger partial charge on any atom is 0.258 e. The number of para-hydroxylation sites is 2. The largest absolute Gasteiger partial charge is 0.399 e. The minimum atomic E-state index is 0.0415. The highest BCUT2D eigenvalue weighted by Crippen LogP contribution is 2.33. The summed E-state index contributed by atoms with van der Waals surface area (Å²) in [5, 5.41) is 0. The molecular formula is C24H33N5O. The highest BCUT2D eigenvalue weighted by atomic mass is 16.2. The Labute approximate surface area is 179 Å². The number of hydrogen-bond donors (Lipinski definition) is 1. The Balaban J connectivity index is 1.50. The van der Waals surface area contributed by atoms with Crippen LogP contribution in [0.1, 0.15) is 23.2 Å². The Bertz CT molecular complexity index is 853. The van der Waals surface area contributed by atoms with Gasteiger partial charge in [0.1, 0.15) is 0 Å². The summed E-state index contributed by atoms with van der Waals surface area (Å²) in [4.78, 5) is 22.6. The van der Waals surface area contributed by atoms with Crippen LogP contribution in [0.4, 0.5) is 17.1 Å². The van der Waals surface area contributed by atoms with Crippen molar-refractivity contribution in [2.24, 2.45) is 0 Å². The zero-order valence-corrected chi connectivity index (χ0v) is 18.0. The Morgan fingerprint density at radius 1 is 0.833 bits per heavy atom. The van der Waals surface area contributed by atoms with Crippen molar-refractivity contribution in [2.75, 3.05) is 74.9 Å². The van der Waals surface area contributed by atoms with Crippen molar-refractivity contribution in [3.8, 4) is 0 Å². The lowest BCUT2D eigenvalue weighted by Crippen LogP contribution is -2.37. The van der Waals surface area contributed by atoms with Crippen LogP contribution >= 0.6 is 0 Å². The third-order valence-electron chi connectivity index (χ3n) is 6.22. The first-order valence-corrected chi connectivity index (χ1v) is 11.0. The van der Waals surface area contributed by atoms with E-state index in [1.807, 2.05) is 23.1 Å². The molecule has 0 radical (unpaired) electrons. The molecule has 2 N–H and O–H groups in total. The number of fused-ring (bicyclic) bond motifs is 1. The summed E-state index contributed by atoms with van der Waals surface area (Å²) in [6, 6.07) is 15.5. The van der Waals surface area contributed by atoms with Crippen LogP contribution in [0, 0.1) is 0 Å². The summed E-state index contributed by atoms with van der Waals surface area (Å²) in [6.07, 6.45) is 2.19. The first-order valence-electron chi connectivity index (χ1n) is 11.0. The number of amides is 1. The van der Waals surface area contributed by atoms with Gasteiger partial charge in [-0.2, -0.15) is 0 Å². The van der Waals surface area contributed by atoms with E-state index >= 15 is 0 Å². The van der Waals surface area contributed by atoms with Crippen molar-refractivity contribution < 1.29 is 4.79 Å². The van der Waals surface area contributed by atoms with E-state index in [0.717, 1.165) is 57.1 Å². The number of benzene rings is 2. The molecule has 0 saturated carbocycles. The average molecular weight is 408 g/mol. The van der Waals surface area contributed by atoms with Crippen molar-refractivity contribution in [3.05, 3.63) is 54.1 Å². The van der Waals surface area contributed by atoms with Gasteiger partial charge in [0.2, 0.25) is 0 Å². The normalized spacial score (nSPS) is 18.6. The van der Waals surface area contributed by atoms with Crippen LogP contribution in [0.25, 0.3) is 0 Å². The first-order chi connectivity index (χ1) is 14.6. The standard InChI is InChI=1S/C24H33N5O/c1-26-12-4-13-27(17-16-26)18-19-28-14-5-15-29(23-7-3-2-6-22(23)28)24(30)20-8-10-21(25)11-9-20/h2-3,6-11H,4-5,12-19,25H2,1H3. The average Bonchev–Trinajstić information content (AvgIpc) is 3.08. The fraction of sp³-hybridized carbons (Fsp3) is 0.458. The van der Waals surface area contributed by atoms with Crippen LogP contribution in [-0.4, -0.2) is 75.1 Å². The van der Waals surface area contributed by atoms with Gasteiger partial charge in [-0.15, -0.1) is 0 Å². The number of rotatable bonds is 4. The quantitative estimate of drug-likeness (QED) is 0.790. The number of likely N-dealkylation sites (N-methyl/N-ethyl adjacent to an activating group) is 1. The second-order valence-corrected chi connectivity index (χ2v) is 8.41. The van der Waals surface area contributed by atoms with E-state index in [9.17, 15) is 4.79 Å². The minimum absolute atomic E-state index is 0.0415. The number of carbonyl (C=O) groups is 1. The molecule has 1 saturated heterocycles. The van der Waals surface area contributed by atoms with Gasteiger partial charge in [-0.3, -0.25) is 4.79 Å². The van der Waals surface area contributed by atoms with Gasteiger partial charge in [0.15, 0.2) is 0 Å². The highest BCUT2D eigenvalue weighted by molar-refractivity contribution is 6.08. The topological polar surface area (TPSA) is 56.0 Å². The second-order valence-electron chi connectivity index (χ2n) is 8.41. The van der Waals surface area contributed by atoms with Crippen molar-refractivity contribution in [1.29, 1.82) is 0 Å². The molecule has 0 aliphatic carbocycles. The summed E-state index contributed by atoms with van der Waals surface area (Å²) in [6.45, 7) is 8.38. The molecule has 2 aromatic carbocycles. The SMILES string of the molecule is CN1CCCN(CCN2CCCN(C(=O)c3ccc(N)cc3)c3ccccc32)CC1. The molecule has 2 aliphatic heterocycles. The lowest BCUT2D eigenvalue weighted by molar-refractivity contribution is 0.0987. The summed E-state index contributed by atoms with van der Waals surface area (Å²) >= 11 is 0. The van der Waals surface area contributed by atoms with Crippen LogP contribution < -0.4 is 15.5 Å². The lowest BCUT2D eigenvalue weighted by atomic mass is 10.1. The molecule has 30 heavy (non-hydrogen) atoms. The van der Waals surface area contributed by atoms with Crippen molar-refractivity contribution in [2.45, 2.75) is 12.8 Å². The van der Waals surface area contributed by atoms with E-state index in [0.29, 0.717) is 11.3 Å². The fourth-order valence-electron chi connectivity index (χ4n) is 4.43. The molecule has 2 aromatic rings. The van der Waals surface area contributed by atoms with E-state index in [4.69, 9.17) is 5.73 Å². The molecule has 2 aliphatic rings. The molecular weight excluding hydrogens is 374 g/mol. The van der Waals surface area contributed by atoms with Gasteiger partial charge in [-0.25, -0.2) is 0 Å². The Morgan fingerprint density at radius 3 is 2.37 bits per heavy atom. The third-order valence-corrected chi connectivity index (χ3v) is 6.22. The summed E-state index contributed by atoms with van der Waals surface area (Å²) < 4.78 is 0. The molecule has 160 valence electrons. The lowest BCUT2D eigenvalue weighted by Gasteiger charge is -2.29. The van der Waals surface area contributed by atoms with Gasteiger partial charge in [-0.05, 0) is 69.4 Å². The molecule has 1 fully saturated rings. The monoisotopic (exact) mass is 407 g/mol. The number of nitrogens with two attached hydrogens (primary N) is 1. The number of anilines is 3. The van der Waals surface area contributed by atoms with E-state index in [-0.39, 0.29) is 5.91 Å². The zero-order chi connectivity index (χ0) is 20.9. The van der Waals surface area contributed by atoms with Crippen LogP contribution in [0.3, 0.4) is 0 Å². The minimum Gasteiger partial charge on any atom is -0.399 e. The molecule has 0 unspecified atom stereocenters. The van der Waals surface area contributed by atoms with Gasteiger partial charge in [0, 0.05) is 50.5 Å². The molecule has 1 amide bonds. The molecule has 0 atom stereocenters. The fourth-order valence-corrected chi connectivity index (χ4v) is 4.43. The van der Waals surface area contributed by atoms with Gasteiger partial charge in [-0.1, -0.05) is 12.1 Å². The predicted octanol–water partition coefficient (Wildman–Crippen LogP) is 2.76. The number of nitrogen functional groups attached to an aromatic ring is 1. The van der Waals surface area contributed by atoms with E-state index in [1.54, 1.807) is 12.1 Å². The zero-order valence-electron chi connectivity index (χ0n) is 18.0. The van der Waals surface area contributed by atoms with Crippen LogP contribution in [0.15, 0.2) is 48.5 Å². The van der Waals surface area contributed by atoms with Crippen LogP contribution in [0.5, 0.6) is 0 Å². The van der Waals surface area contributed by atoms with Gasteiger partial charge in [0.05, 0.1) is 11.4 Å². The Kier molecular flexibility index (Phi) is 6.55. The number of nitrogens with zero attached hydrogens (tertiary/aromatic N) is 4. The number of hydrogen-bond acceptors (Lipinski definition) is 5. The van der Waals surface area contributed by atoms with Crippen LogP contribution in [-0.2, 0) is 0 Å². The maximum atomic E-state index is 13.3. The van der Waals surface area contributed by atoms with Crippen LogP contribution in [0.2, 0.25) is 0 Å². The van der Waals surface area contributed by atoms with E-state index in [1.165, 1.54) is 19.5 Å². The molecule has 4 rings (SSSR count). The van der Waals surface area contributed by atoms with Gasteiger partial charge >= 0.3 is 0 Å². The molecule has 2 heterocycles. The van der Waals surface area contributed by atoms with Crippen molar-refractivity contribution in [1.82, 2.24) is 9.80 Å². The number of carbonyl (C=O) groups excluding carboxylic acids is 1. The van der Waals surface area contributed by atoms with Crippen molar-refractivity contribution in [3.63, 3.8) is 0 Å². The predicted molar refractivity (Wildman–Crippen MR) is 124 cm³/mol. The molecule has 0 aromatic heterocycles. The third kappa shape index (κ3) is 4.77. The smallest absolute Gasteiger partial charge is 0.258 e. The maximum absolute atomic E-state index is 13.3. The summed E-state index contributed by atoms with van der Waals surface area (Å²) in [7, 11) is 2.21. The first kappa shape index (κ1) is 20.7. The summed E-state index contributed by atoms with van der Waals surface area (Å²) in [5.74, 6) is 0.0415. The molecule has 0 bridgehead atoms. The van der Waals surface area contributed by atoms with E-state index in [2.05, 4.69) is 39.9 Å². The molecule has 0 spiro atoms. The highest BCUT2D eigenvalue weighted by Gasteiger charge is 2.25. The summed E-state index contributed by atoms with van der Waals surface area (Å²) in [5.41, 5.74) is 9.32. The molecule has 6 heteroatoms.